The molecular weight excluding hydrogens is 464 g/mol. The van der Waals surface area contributed by atoms with Crippen molar-refractivity contribution >= 4 is 63.5 Å². The van der Waals surface area contributed by atoms with Crippen LogP contribution in [0.25, 0.3) is 11.7 Å². The summed E-state index contributed by atoms with van der Waals surface area (Å²) in [4.78, 5) is 35.7. The molecule has 0 radical (unpaired) electrons. The summed E-state index contributed by atoms with van der Waals surface area (Å²) in [7, 11) is 0. The predicted molar refractivity (Wildman–Crippen MR) is 137 cm³/mol. The molecule has 0 unspecified atom stereocenters. The van der Waals surface area contributed by atoms with Crippen LogP contribution in [0.2, 0.25) is 0 Å². The van der Waals surface area contributed by atoms with E-state index >= 15 is 0 Å². The van der Waals surface area contributed by atoms with Gasteiger partial charge < -0.3 is 9.64 Å². The number of pyridine rings is 1. The third-order valence-electron chi connectivity index (χ3n) is 5.40. The number of ether oxygens (including phenoxy) is 1. The molecule has 0 aromatic carbocycles. The normalized spacial score (nSPS) is 18.4. The Hall–Kier alpha value is -1.88. The summed E-state index contributed by atoms with van der Waals surface area (Å²) in [5, 5.41) is 0. The first-order valence-electron chi connectivity index (χ1n) is 10.7. The Balaban J connectivity index is 1.74. The molecule has 10 heteroatoms. The topological polar surface area (TPSA) is 67.2 Å². The van der Waals surface area contributed by atoms with E-state index in [1.54, 1.807) is 21.6 Å². The zero-order chi connectivity index (χ0) is 22.7. The minimum atomic E-state index is -0.173. The Labute approximate surface area is 201 Å². The lowest BCUT2D eigenvalue weighted by molar-refractivity contribution is -0.122. The van der Waals surface area contributed by atoms with Crippen LogP contribution >= 0.6 is 35.7 Å². The molecule has 0 N–H and O–H groups in total. The molecule has 0 saturated carbocycles. The smallest absolute Gasteiger partial charge is 0.267 e. The van der Waals surface area contributed by atoms with Gasteiger partial charge in [0, 0.05) is 50.6 Å². The summed E-state index contributed by atoms with van der Waals surface area (Å²) < 4.78 is 7.45. The summed E-state index contributed by atoms with van der Waals surface area (Å²) in [6.45, 7) is 7.26. The van der Waals surface area contributed by atoms with Crippen LogP contribution in [-0.2, 0) is 9.53 Å². The molecule has 4 heterocycles. The number of hydrogen-bond donors (Lipinski definition) is 0. The van der Waals surface area contributed by atoms with Crippen LogP contribution in [0.5, 0.6) is 0 Å². The van der Waals surface area contributed by atoms with Crippen molar-refractivity contribution in [1.82, 2.24) is 14.3 Å². The number of aromatic nitrogens is 2. The SMILES string of the molecule is CCOCCCN1C(=O)/C(=C/c2c(N3CCSCC3)nc3c(C)cccn3c2=O)SC1=S. The van der Waals surface area contributed by atoms with Gasteiger partial charge >= 0.3 is 0 Å². The minimum absolute atomic E-state index is 0.162. The van der Waals surface area contributed by atoms with Gasteiger partial charge in [0.05, 0.1) is 10.5 Å². The monoisotopic (exact) mass is 490 g/mol. The Morgan fingerprint density at radius 3 is 2.81 bits per heavy atom. The molecule has 7 nitrogen and oxygen atoms in total. The molecule has 1 amide bonds. The quantitative estimate of drug-likeness (QED) is 0.333. The van der Waals surface area contributed by atoms with Crippen LogP contribution in [0.15, 0.2) is 28.0 Å². The molecule has 0 bridgehead atoms. The predicted octanol–water partition coefficient (Wildman–Crippen LogP) is 3.18. The lowest BCUT2D eigenvalue weighted by Gasteiger charge is -2.29. The number of anilines is 1. The van der Waals surface area contributed by atoms with Gasteiger partial charge in [-0.25, -0.2) is 4.98 Å². The molecule has 2 aliphatic heterocycles. The number of rotatable bonds is 7. The lowest BCUT2D eigenvalue weighted by Crippen LogP contribution is -2.36. The number of amides is 1. The van der Waals surface area contributed by atoms with Crippen molar-refractivity contribution in [2.45, 2.75) is 20.3 Å². The van der Waals surface area contributed by atoms with E-state index in [9.17, 15) is 9.59 Å². The standard InChI is InChI=1S/C22H26N4O3S3/c1-3-29-11-5-8-26-21(28)17(32-22(26)30)14-16-19(24-9-12-31-13-10-24)23-18-15(2)6-4-7-25(18)20(16)27/h4,6-7,14H,3,5,8-13H2,1-2H3/b17-14-. The maximum absolute atomic E-state index is 13.5. The molecule has 2 aromatic rings. The van der Waals surface area contributed by atoms with Crippen LogP contribution in [0.3, 0.4) is 0 Å². The van der Waals surface area contributed by atoms with Crippen LogP contribution in [0.1, 0.15) is 24.5 Å². The molecule has 2 aromatic heterocycles. The van der Waals surface area contributed by atoms with Crippen molar-refractivity contribution in [2.75, 3.05) is 49.3 Å². The Morgan fingerprint density at radius 1 is 1.28 bits per heavy atom. The average Bonchev–Trinajstić information content (AvgIpc) is 3.06. The number of carbonyl (C=O) groups excluding carboxylic acids is 1. The number of aryl methyl sites for hydroxylation is 1. The van der Waals surface area contributed by atoms with Crippen molar-refractivity contribution in [2.24, 2.45) is 0 Å². The van der Waals surface area contributed by atoms with E-state index in [4.69, 9.17) is 21.9 Å². The van der Waals surface area contributed by atoms with Gasteiger partial charge in [0.2, 0.25) is 0 Å². The highest BCUT2D eigenvalue weighted by Crippen LogP contribution is 2.34. The third kappa shape index (κ3) is 4.73. The van der Waals surface area contributed by atoms with Crippen LogP contribution < -0.4 is 10.5 Å². The first-order valence-corrected chi connectivity index (χ1v) is 13.1. The minimum Gasteiger partial charge on any atom is -0.382 e. The number of thioether (sulfide) groups is 2. The summed E-state index contributed by atoms with van der Waals surface area (Å²) in [6, 6.07) is 3.79. The van der Waals surface area contributed by atoms with Gasteiger partial charge in [-0.3, -0.25) is 18.9 Å². The van der Waals surface area contributed by atoms with Crippen LogP contribution in [0.4, 0.5) is 5.82 Å². The van der Waals surface area contributed by atoms with Crippen molar-refractivity contribution in [3.05, 3.63) is 44.7 Å². The number of hydrogen-bond acceptors (Lipinski definition) is 8. The zero-order valence-electron chi connectivity index (χ0n) is 18.2. The fourth-order valence-corrected chi connectivity index (χ4v) is 5.93. The van der Waals surface area contributed by atoms with Gasteiger partial charge in [-0.1, -0.05) is 30.0 Å². The number of fused-ring (bicyclic) bond motifs is 1. The molecule has 170 valence electrons. The summed E-state index contributed by atoms with van der Waals surface area (Å²) in [5.41, 5.74) is 1.85. The van der Waals surface area contributed by atoms with Crippen molar-refractivity contribution in [1.29, 1.82) is 0 Å². The highest BCUT2D eigenvalue weighted by Gasteiger charge is 2.32. The zero-order valence-corrected chi connectivity index (χ0v) is 20.7. The molecule has 0 aliphatic carbocycles. The molecule has 2 saturated heterocycles. The maximum Gasteiger partial charge on any atom is 0.267 e. The fraction of sp³-hybridized carbons (Fsp3) is 0.455. The molecule has 2 aliphatic rings. The van der Waals surface area contributed by atoms with Gasteiger partial charge in [-0.2, -0.15) is 11.8 Å². The first-order chi connectivity index (χ1) is 15.5. The molecule has 0 spiro atoms. The second-order valence-corrected chi connectivity index (χ2v) is 10.4. The Morgan fingerprint density at radius 2 is 2.06 bits per heavy atom. The number of thiocarbonyl (C=S) groups is 1. The van der Waals surface area contributed by atoms with Crippen LogP contribution in [0, 0.1) is 6.92 Å². The van der Waals surface area contributed by atoms with Gasteiger partial charge in [-0.15, -0.1) is 0 Å². The van der Waals surface area contributed by atoms with Gasteiger partial charge in [0.1, 0.15) is 15.8 Å². The van der Waals surface area contributed by atoms with E-state index in [-0.39, 0.29) is 11.5 Å². The first kappa shape index (κ1) is 23.3. The van der Waals surface area contributed by atoms with E-state index in [0.29, 0.717) is 52.4 Å². The Bertz CT molecular complexity index is 1130. The fourth-order valence-electron chi connectivity index (χ4n) is 3.74. The molecule has 4 rings (SSSR count). The van der Waals surface area contributed by atoms with E-state index in [1.165, 1.54) is 11.8 Å². The average molecular weight is 491 g/mol. The highest BCUT2D eigenvalue weighted by molar-refractivity contribution is 8.26. The van der Waals surface area contributed by atoms with Gasteiger partial charge in [-0.05, 0) is 38.0 Å². The maximum atomic E-state index is 13.5. The van der Waals surface area contributed by atoms with E-state index in [1.807, 2.05) is 37.7 Å². The van der Waals surface area contributed by atoms with E-state index < -0.39 is 0 Å². The highest BCUT2D eigenvalue weighted by atomic mass is 32.2. The summed E-state index contributed by atoms with van der Waals surface area (Å²) >= 11 is 8.59. The summed E-state index contributed by atoms with van der Waals surface area (Å²) in [6.07, 6.45) is 4.12. The summed E-state index contributed by atoms with van der Waals surface area (Å²) in [5.74, 6) is 2.45. The van der Waals surface area contributed by atoms with Crippen molar-refractivity contribution in [3.63, 3.8) is 0 Å². The number of carbonyl (C=O) groups is 1. The third-order valence-corrected chi connectivity index (χ3v) is 7.72. The molecule has 0 atom stereocenters. The molecule has 2 fully saturated rings. The Kier molecular flexibility index (Phi) is 7.55. The van der Waals surface area contributed by atoms with E-state index in [2.05, 4.69) is 4.90 Å². The van der Waals surface area contributed by atoms with Crippen molar-refractivity contribution in [3.8, 4) is 0 Å². The lowest BCUT2D eigenvalue weighted by atomic mass is 10.2. The molecular formula is C22H26N4O3S3. The second kappa shape index (κ2) is 10.4. The van der Waals surface area contributed by atoms with Gasteiger partial charge in [0.15, 0.2) is 0 Å². The van der Waals surface area contributed by atoms with Crippen LogP contribution in [-0.4, -0.2) is 68.9 Å². The van der Waals surface area contributed by atoms with Crippen molar-refractivity contribution < 1.29 is 9.53 Å². The second-order valence-electron chi connectivity index (χ2n) is 7.52. The van der Waals surface area contributed by atoms with Gasteiger partial charge in [0.25, 0.3) is 11.5 Å². The molecule has 32 heavy (non-hydrogen) atoms. The van der Waals surface area contributed by atoms with E-state index in [0.717, 1.165) is 30.2 Å². The number of nitrogens with zero attached hydrogens (tertiary/aromatic N) is 4. The largest absolute Gasteiger partial charge is 0.382 e.